The van der Waals surface area contributed by atoms with Gasteiger partial charge >= 0.3 is 0 Å². The summed E-state index contributed by atoms with van der Waals surface area (Å²) in [5, 5.41) is 3.17. The van der Waals surface area contributed by atoms with Gasteiger partial charge in [-0.2, -0.15) is 0 Å². The number of hydrogen-bond donors (Lipinski definition) is 1. The van der Waals surface area contributed by atoms with E-state index in [1.165, 1.54) is 5.56 Å². The summed E-state index contributed by atoms with van der Waals surface area (Å²) in [4.78, 5) is 4.49. The SMILES string of the molecule is Cc1cccc(COc2ccc(Cc3nc(C)cs3)cc2N)c1. The fraction of sp³-hybridized carbons (Fsp3) is 0.211. The minimum Gasteiger partial charge on any atom is -0.487 e. The van der Waals surface area contributed by atoms with E-state index in [9.17, 15) is 0 Å². The van der Waals surface area contributed by atoms with Gasteiger partial charge in [0.1, 0.15) is 12.4 Å². The molecule has 0 spiro atoms. The van der Waals surface area contributed by atoms with Crippen molar-refractivity contribution in [1.82, 2.24) is 4.98 Å². The number of rotatable bonds is 5. The average molecular weight is 324 g/mol. The van der Waals surface area contributed by atoms with Crippen molar-refractivity contribution in [2.45, 2.75) is 26.9 Å². The highest BCUT2D eigenvalue weighted by Crippen LogP contribution is 2.25. The second-order valence-corrected chi connectivity index (χ2v) is 6.65. The average Bonchev–Trinajstić information content (AvgIpc) is 2.92. The van der Waals surface area contributed by atoms with Gasteiger partial charge in [-0.3, -0.25) is 0 Å². The summed E-state index contributed by atoms with van der Waals surface area (Å²) >= 11 is 1.68. The molecule has 1 aromatic heterocycles. The quantitative estimate of drug-likeness (QED) is 0.702. The first-order valence-corrected chi connectivity index (χ1v) is 8.46. The first kappa shape index (κ1) is 15.6. The lowest BCUT2D eigenvalue weighted by atomic mass is 10.1. The zero-order valence-corrected chi connectivity index (χ0v) is 14.2. The number of aromatic nitrogens is 1. The van der Waals surface area contributed by atoms with E-state index in [2.05, 4.69) is 41.6 Å². The molecule has 0 aliphatic rings. The predicted molar refractivity (Wildman–Crippen MR) is 96.0 cm³/mol. The molecule has 23 heavy (non-hydrogen) atoms. The van der Waals surface area contributed by atoms with Crippen molar-refractivity contribution < 1.29 is 4.74 Å². The second kappa shape index (κ2) is 6.84. The van der Waals surface area contributed by atoms with Crippen molar-refractivity contribution in [2.24, 2.45) is 0 Å². The molecule has 0 saturated heterocycles. The molecule has 2 N–H and O–H groups in total. The summed E-state index contributed by atoms with van der Waals surface area (Å²) in [5.74, 6) is 0.727. The number of benzene rings is 2. The van der Waals surface area contributed by atoms with Crippen LogP contribution in [0.25, 0.3) is 0 Å². The largest absolute Gasteiger partial charge is 0.487 e. The number of nitrogens with two attached hydrogens (primary N) is 1. The number of nitrogen functional groups attached to an aromatic ring is 1. The van der Waals surface area contributed by atoms with Gasteiger partial charge in [0.2, 0.25) is 0 Å². The summed E-state index contributed by atoms with van der Waals surface area (Å²) in [6, 6.07) is 14.3. The van der Waals surface area contributed by atoms with E-state index in [0.29, 0.717) is 12.3 Å². The zero-order chi connectivity index (χ0) is 16.2. The maximum absolute atomic E-state index is 6.13. The Kier molecular flexibility index (Phi) is 4.63. The third kappa shape index (κ3) is 4.11. The maximum atomic E-state index is 6.13. The van der Waals surface area contributed by atoms with Crippen molar-refractivity contribution in [3.05, 3.63) is 75.2 Å². The van der Waals surface area contributed by atoms with E-state index < -0.39 is 0 Å². The van der Waals surface area contributed by atoms with Crippen LogP contribution < -0.4 is 10.5 Å². The van der Waals surface area contributed by atoms with Crippen LogP contribution in [-0.2, 0) is 13.0 Å². The van der Waals surface area contributed by atoms with Crippen LogP contribution in [0, 0.1) is 13.8 Å². The number of anilines is 1. The van der Waals surface area contributed by atoms with Crippen molar-refractivity contribution in [3.8, 4) is 5.75 Å². The molecule has 3 nitrogen and oxygen atoms in total. The summed E-state index contributed by atoms with van der Waals surface area (Å²) < 4.78 is 5.85. The molecule has 0 radical (unpaired) electrons. The van der Waals surface area contributed by atoms with Crippen molar-refractivity contribution >= 4 is 17.0 Å². The first-order chi connectivity index (χ1) is 11.1. The van der Waals surface area contributed by atoms with Gasteiger partial charge in [-0.1, -0.05) is 35.9 Å². The first-order valence-electron chi connectivity index (χ1n) is 7.58. The van der Waals surface area contributed by atoms with Gasteiger partial charge in [-0.05, 0) is 37.1 Å². The molecule has 4 heteroatoms. The molecule has 0 unspecified atom stereocenters. The Labute approximate surface area is 140 Å². The van der Waals surface area contributed by atoms with E-state index in [-0.39, 0.29) is 0 Å². The molecule has 2 aromatic carbocycles. The normalized spacial score (nSPS) is 10.7. The highest BCUT2D eigenvalue weighted by molar-refractivity contribution is 7.09. The van der Waals surface area contributed by atoms with Gasteiger partial charge in [0.05, 0.1) is 10.7 Å². The van der Waals surface area contributed by atoms with Crippen LogP contribution in [0.3, 0.4) is 0 Å². The number of thiazole rings is 1. The maximum Gasteiger partial charge on any atom is 0.142 e. The van der Waals surface area contributed by atoms with Crippen molar-refractivity contribution in [2.75, 3.05) is 5.73 Å². The molecule has 0 fully saturated rings. The minimum absolute atomic E-state index is 0.525. The summed E-state index contributed by atoms with van der Waals surface area (Å²) in [5.41, 5.74) is 11.4. The molecule has 0 atom stereocenters. The van der Waals surface area contributed by atoms with Gasteiger partial charge in [0, 0.05) is 17.5 Å². The molecule has 118 valence electrons. The van der Waals surface area contributed by atoms with Crippen molar-refractivity contribution in [1.29, 1.82) is 0 Å². The van der Waals surface area contributed by atoms with Crippen molar-refractivity contribution in [3.63, 3.8) is 0 Å². The third-order valence-electron chi connectivity index (χ3n) is 3.57. The van der Waals surface area contributed by atoms with E-state index in [4.69, 9.17) is 10.5 Å². The predicted octanol–water partition coefficient (Wildman–Crippen LogP) is 4.51. The minimum atomic E-state index is 0.525. The molecule has 0 aliphatic heterocycles. The Balaban J connectivity index is 1.67. The zero-order valence-electron chi connectivity index (χ0n) is 13.4. The standard InChI is InChI=1S/C19H20N2OS/c1-13-4-3-5-16(8-13)11-22-18-7-6-15(9-17(18)20)10-19-21-14(2)12-23-19/h3-9,12H,10-11,20H2,1-2H3. The Bertz CT molecular complexity index is 811. The summed E-state index contributed by atoms with van der Waals surface area (Å²) in [6.45, 7) is 4.61. The van der Waals surface area contributed by atoms with Crippen LogP contribution in [-0.4, -0.2) is 4.98 Å². The monoisotopic (exact) mass is 324 g/mol. The van der Waals surface area contributed by atoms with E-state index >= 15 is 0 Å². The van der Waals surface area contributed by atoms with Gasteiger partial charge < -0.3 is 10.5 Å². The number of hydrogen-bond acceptors (Lipinski definition) is 4. The lowest BCUT2D eigenvalue weighted by Crippen LogP contribution is -2.00. The highest BCUT2D eigenvalue weighted by atomic mass is 32.1. The molecule has 0 amide bonds. The van der Waals surface area contributed by atoms with Crippen LogP contribution in [0.1, 0.15) is 27.4 Å². The highest BCUT2D eigenvalue weighted by Gasteiger charge is 2.06. The molecule has 0 aliphatic carbocycles. The molecule has 3 rings (SSSR count). The van der Waals surface area contributed by atoms with Gasteiger partial charge in [-0.15, -0.1) is 11.3 Å². The van der Waals surface area contributed by atoms with Gasteiger partial charge in [-0.25, -0.2) is 4.98 Å². The van der Waals surface area contributed by atoms with E-state index in [0.717, 1.165) is 34.0 Å². The Hall–Kier alpha value is -2.33. The molecular formula is C19H20N2OS. The fourth-order valence-electron chi connectivity index (χ4n) is 2.46. The number of ether oxygens (including phenoxy) is 1. The van der Waals surface area contributed by atoms with Gasteiger partial charge in [0.25, 0.3) is 0 Å². The molecule has 0 saturated carbocycles. The van der Waals surface area contributed by atoms with Crippen LogP contribution >= 0.6 is 11.3 Å². The van der Waals surface area contributed by atoms with E-state index in [1.807, 2.05) is 25.1 Å². The number of nitrogens with zero attached hydrogens (tertiary/aromatic N) is 1. The Morgan fingerprint density at radius 1 is 1.09 bits per heavy atom. The van der Waals surface area contributed by atoms with Crippen LogP contribution in [0.15, 0.2) is 47.8 Å². The van der Waals surface area contributed by atoms with Crippen LogP contribution in [0.5, 0.6) is 5.75 Å². The summed E-state index contributed by atoms with van der Waals surface area (Å²) in [6.07, 6.45) is 0.806. The lowest BCUT2D eigenvalue weighted by Gasteiger charge is -2.10. The molecule has 0 bridgehead atoms. The fourth-order valence-corrected chi connectivity index (χ4v) is 3.27. The Morgan fingerprint density at radius 2 is 1.96 bits per heavy atom. The second-order valence-electron chi connectivity index (χ2n) is 5.71. The van der Waals surface area contributed by atoms with Crippen LogP contribution in [0.4, 0.5) is 5.69 Å². The molecule has 3 aromatic rings. The van der Waals surface area contributed by atoms with Crippen LogP contribution in [0.2, 0.25) is 0 Å². The lowest BCUT2D eigenvalue weighted by molar-refractivity contribution is 0.308. The topological polar surface area (TPSA) is 48.1 Å². The van der Waals surface area contributed by atoms with E-state index in [1.54, 1.807) is 11.3 Å². The Morgan fingerprint density at radius 3 is 2.65 bits per heavy atom. The molecular weight excluding hydrogens is 304 g/mol. The third-order valence-corrected chi connectivity index (χ3v) is 4.54. The molecule has 1 heterocycles. The smallest absolute Gasteiger partial charge is 0.142 e. The van der Waals surface area contributed by atoms with Gasteiger partial charge in [0.15, 0.2) is 0 Å². The number of aryl methyl sites for hydroxylation is 2. The summed E-state index contributed by atoms with van der Waals surface area (Å²) in [7, 11) is 0.